The van der Waals surface area contributed by atoms with Gasteiger partial charge in [-0.3, -0.25) is 14.4 Å². The Morgan fingerprint density at radius 1 is 1.15 bits per heavy atom. The summed E-state index contributed by atoms with van der Waals surface area (Å²) in [5.74, 6) is 0.233. The van der Waals surface area contributed by atoms with Gasteiger partial charge in [0.05, 0.1) is 11.5 Å². The fraction of sp³-hybridized carbons (Fsp3) is 0.750. The van der Waals surface area contributed by atoms with Crippen LogP contribution in [0.2, 0.25) is 0 Å². The Kier molecular flexibility index (Phi) is 7.15. The number of hydrogen-bond acceptors (Lipinski definition) is 5. The zero-order valence-electron chi connectivity index (χ0n) is 21.4. The first-order chi connectivity index (χ1) is 15.4. The number of ketones is 2. The van der Waals surface area contributed by atoms with Gasteiger partial charge in [-0.25, -0.2) is 0 Å². The zero-order chi connectivity index (χ0) is 24.8. The predicted molar refractivity (Wildman–Crippen MR) is 128 cm³/mol. The third-order valence-electron chi connectivity index (χ3n) is 8.84. The van der Waals surface area contributed by atoms with E-state index in [2.05, 4.69) is 13.8 Å². The molecule has 0 amide bonds. The fourth-order valence-electron chi connectivity index (χ4n) is 7.31. The van der Waals surface area contributed by atoms with Crippen LogP contribution in [0.3, 0.4) is 0 Å². The second kappa shape index (κ2) is 9.13. The number of aliphatic hydroxyl groups is 1. The molecule has 0 spiro atoms. The average Bonchev–Trinajstić information content (AvgIpc) is 3.09. The molecular formula is C28H42O5. The quantitative estimate of drug-likeness (QED) is 0.598. The molecule has 1 N–H and O–H groups in total. The van der Waals surface area contributed by atoms with E-state index in [1.54, 1.807) is 32.9 Å². The highest BCUT2D eigenvalue weighted by atomic mass is 16.5. The van der Waals surface area contributed by atoms with E-state index in [4.69, 9.17) is 4.74 Å². The Hall–Kier alpha value is -1.75. The summed E-state index contributed by atoms with van der Waals surface area (Å²) in [6, 6.07) is 0. The molecule has 0 aromatic carbocycles. The van der Waals surface area contributed by atoms with E-state index in [1.807, 2.05) is 19.9 Å². The standard InChI is InChI=1S/C26H36O5.C2H6/c1-24(2,3)23(30)31-14-21(29)19-9-8-18-17-7-6-15-12-16(27)10-11-25(15,4)22(17)20(28)13-26(18,19)5;1-2/h10-12,17-20,22,28H,6-9,13-14H2,1-5H3;1-2H3. The van der Waals surface area contributed by atoms with Crippen molar-refractivity contribution >= 4 is 17.5 Å². The zero-order valence-corrected chi connectivity index (χ0v) is 21.4. The van der Waals surface area contributed by atoms with Gasteiger partial charge in [0.2, 0.25) is 0 Å². The monoisotopic (exact) mass is 458 g/mol. The number of carbonyl (C=O) groups is 3. The van der Waals surface area contributed by atoms with Crippen LogP contribution in [-0.2, 0) is 19.1 Å². The Bertz CT molecular complexity index is 862. The largest absolute Gasteiger partial charge is 0.457 e. The second-order valence-electron chi connectivity index (χ2n) is 11.7. The number of Topliss-reactive ketones (excluding diaryl/α,β-unsaturated/α-hetero) is 1. The van der Waals surface area contributed by atoms with Crippen molar-refractivity contribution in [1.82, 2.24) is 0 Å². The molecule has 4 rings (SSSR count). The van der Waals surface area contributed by atoms with Crippen LogP contribution < -0.4 is 0 Å². The van der Waals surface area contributed by atoms with Gasteiger partial charge in [0, 0.05) is 17.3 Å². The molecule has 4 aliphatic carbocycles. The Labute approximate surface area is 199 Å². The summed E-state index contributed by atoms with van der Waals surface area (Å²) in [4.78, 5) is 37.2. The number of aliphatic hydroxyl groups excluding tert-OH is 1. The Morgan fingerprint density at radius 3 is 2.45 bits per heavy atom. The van der Waals surface area contributed by atoms with Crippen molar-refractivity contribution in [1.29, 1.82) is 0 Å². The lowest BCUT2D eigenvalue weighted by atomic mass is 9.46. The molecule has 0 heterocycles. The third-order valence-corrected chi connectivity index (χ3v) is 8.84. The van der Waals surface area contributed by atoms with Gasteiger partial charge in [0.15, 0.2) is 11.6 Å². The van der Waals surface area contributed by atoms with Gasteiger partial charge in [0.1, 0.15) is 6.61 Å². The van der Waals surface area contributed by atoms with Crippen LogP contribution in [-0.4, -0.2) is 35.4 Å². The van der Waals surface area contributed by atoms with Gasteiger partial charge in [-0.15, -0.1) is 0 Å². The number of allylic oxidation sites excluding steroid dienone is 4. The van der Waals surface area contributed by atoms with Gasteiger partial charge in [0.25, 0.3) is 0 Å². The molecule has 5 nitrogen and oxygen atoms in total. The van der Waals surface area contributed by atoms with Crippen molar-refractivity contribution < 1.29 is 24.2 Å². The lowest BCUT2D eigenvalue weighted by molar-refractivity contribution is -0.159. The maximum absolute atomic E-state index is 13.1. The van der Waals surface area contributed by atoms with Gasteiger partial charge < -0.3 is 9.84 Å². The summed E-state index contributed by atoms with van der Waals surface area (Å²) in [5, 5.41) is 11.4. The number of esters is 1. The summed E-state index contributed by atoms with van der Waals surface area (Å²) in [7, 11) is 0. The van der Waals surface area contributed by atoms with Crippen molar-refractivity contribution in [2.24, 2.45) is 39.9 Å². The maximum atomic E-state index is 13.1. The number of hydrogen-bond donors (Lipinski definition) is 1. The first-order valence-corrected chi connectivity index (χ1v) is 12.7. The van der Waals surface area contributed by atoms with Gasteiger partial charge in [-0.2, -0.15) is 0 Å². The number of ether oxygens (including phenoxy) is 1. The molecule has 7 unspecified atom stereocenters. The molecule has 0 aromatic rings. The Balaban J connectivity index is 0.00000149. The van der Waals surface area contributed by atoms with E-state index in [9.17, 15) is 19.5 Å². The molecule has 33 heavy (non-hydrogen) atoms. The van der Waals surface area contributed by atoms with Crippen LogP contribution in [0.15, 0.2) is 23.8 Å². The maximum Gasteiger partial charge on any atom is 0.311 e. The fourth-order valence-corrected chi connectivity index (χ4v) is 7.31. The van der Waals surface area contributed by atoms with Crippen molar-refractivity contribution in [3.8, 4) is 0 Å². The van der Waals surface area contributed by atoms with Gasteiger partial charge >= 0.3 is 5.97 Å². The normalized spacial score (nSPS) is 39.3. The minimum Gasteiger partial charge on any atom is -0.457 e. The van der Waals surface area contributed by atoms with Crippen LogP contribution in [0.4, 0.5) is 0 Å². The number of fused-ring (bicyclic) bond motifs is 5. The highest BCUT2D eigenvalue weighted by Crippen LogP contribution is 2.66. The summed E-state index contributed by atoms with van der Waals surface area (Å²) < 4.78 is 5.34. The molecule has 184 valence electrons. The van der Waals surface area contributed by atoms with Crippen molar-refractivity contribution in [3.05, 3.63) is 23.8 Å². The minimum atomic E-state index is -0.631. The van der Waals surface area contributed by atoms with Crippen molar-refractivity contribution in [3.63, 3.8) is 0 Å². The van der Waals surface area contributed by atoms with Crippen molar-refractivity contribution in [2.45, 2.75) is 86.7 Å². The summed E-state index contributed by atoms with van der Waals surface area (Å²) >= 11 is 0. The van der Waals surface area contributed by atoms with Crippen LogP contribution >= 0.6 is 0 Å². The van der Waals surface area contributed by atoms with Crippen LogP contribution in [0.5, 0.6) is 0 Å². The highest BCUT2D eigenvalue weighted by Gasteiger charge is 2.62. The third kappa shape index (κ3) is 4.38. The van der Waals surface area contributed by atoms with Crippen LogP contribution in [0.25, 0.3) is 0 Å². The van der Waals surface area contributed by atoms with E-state index in [0.29, 0.717) is 18.3 Å². The molecule has 3 fully saturated rings. The molecular weight excluding hydrogens is 416 g/mol. The second-order valence-corrected chi connectivity index (χ2v) is 11.7. The molecule has 0 bridgehead atoms. The van der Waals surface area contributed by atoms with Gasteiger partial charge in [-0.05, 0) is 82.3 Å². The highest BCUT2D eigenvalue weighted by molar-refractivity contribution is 6.01. The first-order valence-electron chi connectivity index (χ1n) is 12.7. The van der Waals surface area contributed by atoms with E-state index >= 15 is 0 Å². The average molecular weight is 459 g/mol. The summed E-state index contributed by atoms with van der Waals surface area (Å²) in [5.41, 5.74) is -0.0584. The Morgan fingerprint density at radius 2 is 1.82 bits per heavy atom. The number of carbonyl (C=O) groups excluding carboxylic acids is 3. The lowest BCUT2D eigenvalue weighted by Gasteiger charge is -2.58. The minimum absolute atomic E-state index is 0.0148. The lowest BCUT2D eigenvalue weighted by Crippen LogP contribution is -2.56. The molecule has 0 radical (unpaired) electrons. The van der Waals surface area contributed by atoms with Crippen LogP contribution in [0, 0.1) is 39.9 Å². The van der Waals surface area contributed by atoms with E-state index < -0.39 is 11.5 Å². The molecule has 0 aliphatic heterocycles. The van der Waals surface area contributed by atoms with E-state index in [0.717, 1.165) is 31.3 Å². The predicted octanol–water partition coefficient (Wildman–Crippen LogP) is 5.07. The van der Waals surface area contributed by atoms with Gasteiger partial charge in [-0.1, -0.05) is 39.3 Å². The molecule has 0 aromatic heterocycles. The number of rotatable bonds is 3. The smallest absolute Gasteiger partial charge is 0.311 e. The topological polar surface area (TPSA) is 80.7 Å². The SMILES string of the molecule is CC.CC(C)(C)C(=O)OCC(=O)C1CCC2C3CCC4=CC(=O)C=CC4(C)C3C(O)CC12C. The molecule has 4 aliphatic rings. The summed E-state index contributed by atoms with van der Waals surface area (Å²) in [6.07, 6.45) is 9.05. The molecule has 3 saturated carbocycles. The first kappa shape index (κ1) is 25.9. The summed E-state index contributed by atoms with van der Waals surface area (Å²) in [6.45, 7) is 13.5. The molecule has 0 saturated heterocycles. The van der Waals surface area contributed by atoms with E-state index in [1.165, 1.54) is 0 Å². The molecule has 7 atom stereocenters. The van der Waals surface area contributed by atoms with Crippen LogP contribution in [0.1, 0.15) is 80.6 Å². The molecule has 5 heteroatoms. The van der Waals surface area contributed by atoms with E-state index in [-0.39, 0.29) is 46.8 Å². The van der Waals surface area contributed by atoms with Crippen molar-refractivity contribution in [2.75, 3.05) is 6.61 Å².